The summed E-state index contributed by atoms with van der Waals surface area (Å²) in [4.78, 5) is 1.20. The van der Waals surface area contributed by atoms with E-state index in [1.165, 1.54) is 16.0 Å². The van der Waals surface area contributed by atoms with Gasteiger partial charge in [-0.2, -0.15) is 0 Å². The Morgan fingerprint density at radius 2 is 1.95 bits per heavy atom. The topological polar surface area (TPSA) is 20.2 Å². The number of benzene rings is 2. The van der Waals surface area contributed by atoms with E-state index in [0.717, 1.165) is 12.0 Å². The van der Waals surface area contributed by atoms with Gasteiger partial charge in [-0.15, -0.1) is 11.8 Å². The molecule has 1 aliphatic rings. The predicted octanol–water partition coefficient (Wildman–Crippen LogP) is 4.44. The summed E-state index contributed by atoms with van der Waals surface area (Å²) in [7, 11) is 0. The van der Waals surface area contributed by atoms with Crippen LogP contribution in [0.5, 0.6) is 0 Å². The molecule has 0 aliphatic carbocycles. The molecule has 3 rings (SSSR count). The first-order chi connectivity index (χ1) is 9.06. The molecule has 2 atom stereocenters. The molecule has 1 aliphatic heterocycles. The van der Waals surface area contributed by atoms with E-state index >= 15 is 0 Å². The van der Waals surface area contributed by atoms with Crippen LogP contribution in [0.25, 0.3) is 0 Å². The monoisotopic (exact) mass is 270 g/mol. The molecule has 0 amide bonds. The Hall–Kier alpha value is -1.25. The van der Waals surface area contributed by atoms with Crippen LogP contribution in [-0.4, -0.2) is 5.11 Å². The third-order valence-corrected chi connectivity index (χ3v) is 5.07. The standard InChI is InChI=1S/C17H18OS/c1-12-6-5-7-13(10-12)16-11-17(2,18)14-8-3-4-9-15(14)19-16/h3-10,16,18H,11H2,1-2H3/t16-,17-/m1/s1. The Balaban J connectivity index is 2.01. The van der Waals surface area contributed by atoms with Crippen LogP contribution in [0.4, 0.5) is 0 Å². The van der Waals surface area contributed by atoms with Gasteiger partial charge in [0, 0.05) is 10.1 Å². The van der Waals surface area contributed by atoms with Crippen LogP contribution in [0.2, 0.25) is 0 Å². The molecule has 0 fully saturated rings. The molecule has 1 heterocycles. The lowest BCUT2D eigenvalue weighted by Gasteiger charge is -2.36. The van der Waals surface area contributed by atoms with Crippen molar-refractivity contribution < 1.29 is 5.11 Å². The fraction of sp³-hybridized carbons (Fsp3) is 0.294. The van der Waals surface area contributed by atoms with Crippen LogP contribution in [0, 0.1) is 6.92 Å². The molecule has 0 unspecified atom stereocenters. The van der Waals surface area contributed by atoms with Crippen molar-refractivity contribution in [3.8, 4) is 0 Å². The van der Waals surface area contributed by atoms with Gasteiger partial charge < -0.3 is 5.11 Å². The quantitative estimate of drug-likeness (QED) is 0.826. The zero-order chi connectivity index (χ0) is 13.5. The Morgan fingerprint density at radius 3 is 2.74 bits per heavy atom. The third kappa shape index (κ3) is 2.43. The molecule has 0 aromatic heterocycles. The summed E-state index contributed by atoms with van der Waals surface area (Å²) in [5, 5.41) is 11.0. The average molecular weight is 270 g/mol. The lowest BCUT2D eigenvalue weighted by Crippen LogP contribution is -2.27. The summed E-state index contributed by atoms with van der Waals surface area (Å²) in [5.41, 5.74) is 2.90. The van der Waals surface area contributed by atoms with Crippen molar-refractivity contribution in [2.24, 2.45) is 0 Å². The van der Waals surface area contributed by atoms with Crippen LogP contribution >= 0.6 is 11.8 Å². The van der Waals surface area contributed by atoms with Crippen LogP contribution in [0.1, 0.15) is 35.3 Å². The summed E-state index contributed by atoms with van der Waals surface area (Å²) in [6.07, 6.45) is 0.762. The molecule has 2 heteroatoms. The van der Waals surface area contributed by atoms with E-state index in [-0.39, 0.29) is 0 Å². The van der Waals surface area contributed by atoms with Crippen molar-refractivity contribution in [3.05, 3.63) is 65.2 Å². The second-order valence-electron chi connectivity index (χ2n) is 5.49. The Morgan fingerprint density at radius 1 is 1.16 bits per heavy atom. The lowest BCUT2D eigenvalue weighted by molar-refractivity contribution is 0.0421. The Kier molecular flexibility index (Phi) is 3.15. The highest BCUT2D eigenvalue weighted by Gasteiger charge is 2.35. The average Bonchev–Trinajstić information content (AvgIpc) is 2.38. The minimum atomic E-state index is -0.740. The zero-order valence-corrected chi connectivity index (χ0v) is 12.1. The van der Waals surface area contributed by atoms with Gasteiger partial charge in [0.05, 0.1) is 5.60 Å². The number of fused-ring (bicyclic) bond motifs is 1. The van der Waals surface area contributed by atoms with E-state index < -0.39 is 5.60 Å². The van der Waals surface area contributed by atoms with E-state index in [4.69, 9.17) is 0 Å². The van der Waals surface area contributed by atoms with Crippen LogP contribution in [0.15, 0.2) is 53.4 Å². The number of aryl methyl sites for hydroxylation is 1. The van der Waals surface area contributed by atoms with E-state index in [9.17, 15) is 5.11 Å². The van der Waals surface area contributed by atoms with Gasteiger partial charge >= 0.3 is 0 Å². The normalized spacial score (nSPS) is 25.9. The highest BCUT2D eigenvalue weighted by molar-refractivity contribution is 7.99. The first-order valence-corrected chi connectivity index (χ1v) is 7.49. The Labute approximate surface area is 118 Å². The molecule has 98 valence electrons. The molecule has 19 heavy (non-hydrogen) atoms. The smallest absolute Gasteiger partial charge is 0.0893 e. The highest BCUT2D eigenvalue weighted by Crippen LogP contribution is 2.51. The predicted molar refractivity (Wildman–Crippen MR) is 80.4 cm³/mol. The fourth-order valence-corrected chi connectivity index (χ4v) is 4.31. The third-order valence-electron chi connectivity index (χ3n) is 3.73. The van der Waals surface area contributed by atoms with Crippen LogP contribution in [0.3, 0.4) is 0 Å². The fourth-order valence-electron chi connectivity index (χ4n) is 2.74. The van der Waals surface area contributed by atoms with Crippen molar-refractivity contribution >= 4 is 11.8 Å². The zero-order valence-electron chi connectivity index (χ0n) is 11.3. The van der Waals surface area contributed by atoms with Gasteiger partial charge in [-0.1, -0.05) is 48.0 Å². The minimum Gasteiger partial charge on any atom is -0.385 e. The number of hydrogen-bond acceptors (Lipinski definition) is 2. The van der Waals surface area contributed by atoms with E-state index in [1.807, 2.05) is 36.9 Å². The molecular weight excluding hydrogens is 252 g/mol. The summed E-state index contributed by atoms with van der Waals surface area (Å²) in [5.74, 6) is 0. The maximum absolute atomic E-state index is 10.7. The molecular formula is C17H18OS. The summed E-state index contributed by atoms with van der Waals surface area (Å²) < 4.78 is 0. The van der Waals surface area contributed by atoms with Crippen molar-refractivity contribution in [1.82, 2.24) is 0 Å². The van der Waals surface area contributed by atoms with Gasteiger partial charge in [0.25, 0.3) is 0 Å². The largest absolute Gasteiger partial charge is 0.385 e. The maximum Gasteiger partial charge on any atom is 0.0893 e. The van der Waals surface area contributed by atoms with Gasteiger partial charge in [0.2, 0.25) is 0 Å². The highest BCUT2D eigenvalue weighted by atomic mass is 32.2. The van der Waals surface area contributed by atoms with E-state index in [1.54, 1.807) is 0 Å². The molecule has 1 nitrogen and oxygen atoms in total. The van der Waals surface area contributed by atoms with Gasteiger partial charge in [-0.3, -0.25) is 0 Å². The number of rotatable bonds is 1. The van der Waals surface area contributed by atoms with Gasteiger partial charge in [-0.05, 0) is 37.5 Å². The second-order valence-corrected chi connectivity index (χ2v) is 6.74. The first-order valence-electron chi connectivity index (χ1n) is 6.61. The van der Waals surface area contributed by atoms with Crippen molar-refractivity contribution in [2.45, 2.75) is 36.0 Å². The van der Waals surface area contributed by atoms with Gasteiger partial charge in [0.15, 0.2) is 0 Å². The van der Waals surface area contributed by atoms with Crippen molar-refractivity contribution in [3.63, 3.8) is 0 Å². The number of aliphatic hydroxyl groups is 1. The molecule has 0 saturated heterocycles. The number of hydrogen-bond donors (Lipinski definition) is 1. The van der Waals surface area contributed by atoms with Gasteiger partial charge in [-0.25, -0.2) is 0 Å². The van der Waals surface area contributed by atoms with Crippen LogP contribution in [-0.2, 0) is 5.60 Å². The molecule has 0 saturated carbocycles. The van der Waals surface area contributed by atoms with E-state index in [2.05, 4.69) is 37.3 Å². The summed E-state index contributed by atoms with van der Waals surface area (Å²) >= 11 is 1.86. The first kappa shape index (κ1) is 12.8. The molecule has 0 bridgehead atoms. The maximum atomic E-state index is 10.7. The molecule has 0 radical (unpaired) electrons. The van der Waals surface area contributed by atoms with Crippen molar-refractivity contribution in [1.29, 1.82) is 0 Å². The SMILES string of the molecule is Cc1cccc([C@H]2C[C@@](C)(O)c3ccccc3S2)c1. The van der Waals surface area contributed by atoms with Crippen molar-refractivity contribution in [2.75, 3.05) is 0 Å². The molecule has 2 aromatic carbocycles. The molecule has 2 aromatic rings. The minimum absolute atomic E-state index is 0.324. The summed E-state index contributed by atoms with van der Waals surface area (Å²) in [6.45, 7) is 4.04. The van der Waals surface area contributed by atoms with E-state index in [0.29, 0.717) is 5.25 Å². The van der Waals surface area contributed by atoms with Gasteiger partial charge in [0.1, 0.15) is 0 Å². The Bertz CT molecular complexity index is 604. The molecule has 1 N–H and O–H groups in total. The van der Waals surface area contributed by atoms with Crippen LogP contribution < -0.4 is 0 Å². The molecule has 0 spiro atoms. The lowest BCUT2D eigenvalue weighted by atomic mass is 9.88. The number of thioether (sulfide) groups is 1. The summed E-state index contributed by atoms with van der Waals surface area (Å²) in [6, 6.07) is 16.8. The second kappa shape index (κ2) is 4.69.